The summed E-state index contributed by atoms with van der Waals surface area (Å²) >= 11 is 5.84. The number of carbonyl (C=O) groups excluding carboxylic acids is 1. The Balaban J connectivity index is 1.28. The van der Waals surface area contributed by atoms with Gasteiger partial charge in [-0.3, -0.25) is 4.79 Å². The van der Waals surface area contributed by atoms with Crippen LogP contribution in [0.4, 0.5) is 10.1 Å². The lowest BCUT2D eigenvalue weighted by molar-refractivity contribution is 0.0365. The third-order valence-corrected chi connectivity index (χ3v) is 7.27. The highest BCUT2D eigenvalue weighted by atomic mass is 35.5. The van der Waals surface area contributed by atoms with Gasteiger partial charge in [-0.05, 0) is 61.8 Å². The Morgan fingerprint density at radius 3 is 2.61 bits per heavy atom. The number of aromatic nitrogens is 4. The number of aliphatic hydroxyl groups is 1. The Bertz CT molecular complexity index is 1170. The van der Waals surface area contributed by atoms with E-state index in [9.17, 15) is 14.3 Å². The summed E-state index contributed by atoms with van der Waals surface area (Å²) in [6.45, 7) is 0. The number of rotatable bonds is 5. The largest absolute Gasteiger partial charge is 0.389 e. The number of benzene rings is 1. The van der Waals surface area contributed by atoms with E-state index in [1.807, 2.05) is 0 Å². The van der Waals surface area contributed by atoms with E-state index >= 15 is 0 Å². The molecule has 1 aromatic carbocycles. The predicted molar refractivity (Wildman–Crippen MR) is 121 cm³/mol. The van der Waals surface area contributed by atoms with Crippen molar-refractivity contribution in [3.8, 4) is 0 Å². The molecule has 2 fully saturated rings. The molecule has 1 amide bonds. The maximum absolute atomic E-state index is 13.4. The minimum Gasteiger partial charge on any atom is -0.389 e. The van der Waals surface area contributed by atoms with Gasteiger partial charge in [0.25, 0.3) is 5.91 Å². The van der Waals surface area contributed by atoms with Crippen molar-refractivity contribution in [3.63, 3.8) is 0 Å². The molecular weight excluding hydrogens is 445 g/mol. The monoisotopic (exact) mass is 469 g/mol. The van der Waals surface area contributed by atoms with E-state index in [1.165, 1.54) is 18.2 Å². The van der Waals surface area contributed by atoms with Gasteiger partial charge in [0, 0.05) is 37.5 Å². The Morgan fingerprint density at radius 1 is 1.24 bits per heavy atom. The molecule has 0 radical (unpaired) electrons. The van der Waals surface area contributed by atoms with Gasteiger partial charge < -0.3 is 15.0 Å². The second-order valence-electron chi connectivity index (χ2n) is 9.34. The lowest BCUT2D eigenvalue weighted by Crippen LogP contribution is -2.30. The van der Waals surface area contributed by atoms with Crippen molar-refractivity contribution in [3.05, 3.63) is 71.0 Å². The third-order valence-electron chi connectivity index (χ3n) is 6.98. The SMILES string of the molecule is Cn1cnc(C2CC3CC(O)(Cc4ncccn4)CC3C2)c1C(=O)Nc1ccc(F)c(Cl)c1. The minimum absolute atomic E-state index is 0.0463. The zero-order chi connectivity index (χ0) is 23.2. The number of nitrogens with one attached hydrogen (secondary N) is 1. The molecule has 9 heteroatoms. The second-order valence-corrected chi connectivity index (χ2v) is 9.74. The molecule has 5 rings (SSSR count). The number of amides is 1. The molecule has 0 spiro atoms. The number of anilines is 1. The molecule has 2 aliphatic rings. The van der Waals surface area contributed by atoms with Gasteiger partial charge in [0.2, 0.25) is 0 Å². The minimum atomic E-state index is -0.784. The fourth-order valence-corrected chi connectivity index (χ4v) is 5.82. The van der Waals surface area contributed by atoms with Crippen molar-refractivity contribution in [2.45, 2.75) is 43.6 Å². The molecule has 0 bridgehead atoms. The maximum Gasteiger partial charge on any atom is 0.274 e. The maximum atomic E-state index is 13.4. The molecular formula is C24H25ClFN5O2. The van der Waals surface area contributed by atoms with E-state index in [0.717, 1.165) is 18.5 Å². The van der Waals surface area contributed by atoms with Gasteiger partial charge in [-0.1, -0.05) is 11.6 Å². The van der Waals surface area contributed by atoms with E-state index in [1.54, 1.807) is 36.4 Å². The van der Waals surface area contributed by atoms with Crippen molar-refractivity contribution < 1.29 is 14.3 Å². The molecule has 172 valence electrons. The van der Waals surface area contributed by atoms with Crippen LogP contribution >= 0.6 is 11.6 Å². The van der Waals surface area contributed by atoms with Gasteiger partial charge in [0.15, 0.2) is 0 Å². The number of carbonyl (C=O) groups is 1. The second kappa shape index (κ2) is 8.50. The Morgan fingerprint density at radius 2 is 1.94 bits per heavy atom. The molecule has 2 saturated carbocycles. The van der Waals surface area contributed by atoms with Crippen LogP contribution in [0.5, 0.6) is 0 Å². The van der Waals surface area contributed by atoms with Gasteiger partial charge >= 0.3 is 0 Å². The number of halogens is 2. The van der Waals surface area contributed by atoms with Crippen molar-refractivity contribution in [1.29, 1.82) is 0 Å². The summed E-state index contributed by atoms with van der Waals surface area (Å²) in [6.07, 6.45) is 8.67. The first kappa shape index (κ1) is 22.0. The number of hydrogen-bond donors (Lipinski definition) is 2. The first-order chi connectivity index (χ1) is 15.8. The number of imidazole rings is 1. The average molecular weight is 470 g/mol. The van der Waals surface area contributed by atoms with Crippen LogP contribution in [0, 0.1) is 17.7 Å². The van der Waals surface area contributed by atoms with Crippen molar-refractivity contribution >= 4 is 23.2 Å². The van der Waals surface area contributed by atoms with Gasteiger partial charge in [-0.15, -0.1) is 0 Å². The summed E-state index contributed by atoms with van der Waals surface area (Å²) in [5.74, 6) is 0.724. The van der Waals surface area contributed by atoms with Crippen LogP contribution in [0.15, 0.2) is 43.0 Å². The Labute approximate surface area is 196 Å². The molecule has 2 atom stereocenters. The normalized spacial score (nSPS) is 26.4. The van der Waals surface area contributed by atoms with Gasteiger partial charge in [-0.2, -0.15) is 0 Å². The van der Waals surface area contributed by atoms with Gasteiger partial charge in [0.05, 0.1) is 22.6 Å². The molecule has 2 aliphatic carbocycles. The summed E-state index contributed by atoms with van der Waals surface area (Å²) in [7, 11) is 1.79. The lowest BCUT2D eigenvalue weighted by atomic mass is 9.90. The van der Waals surface area contributed by atoms with E-state index in [4.69, 9.17) is 11.6 Å². The fraction of sp³-hybridized carbons (Fsp3) is 0.417. The molecule has 2 N–H and O–H groups in total. The topological polar surface area (TPSA) is 92.9 Å². The van der Waals surface area contributed by atoms with Crippen LogP contribution in [0.25, 0.3) is 0 Å². The third kappa shape index (κ3) is 4.37. The molecule has 3 aromatic rings. The van der Waals surface area contributed by atoms with Crippen LogP contribution in [0.3, 0.4) is 0 Å². The van der Waals surface area contributed by atoms with E-state index in [2.05, 4.69) is 20.3 Å². The van der Waals surface area contributed by atoms with Gasteiger partial charge in [0.1, 0.15) is 17.3 Å². The Kier molecular flexibility index (Phi) is 5.66. The molecule has 7 nitrogen and oxygen atoms in total. The average Bonchev–Trinajstić information content (AvgIpc) is 3.42. The highest BCUT2D eigenvalue weighted by Crippen LogP contribution is 2.54. The van der Waals surface area contributed by atoms with Crippen molar-refractivity contribution in [1.82, 2.24) is 19.5 Å². The van der Waals surface area contributed by atoms with Crippen molar-refractivity contribution in [2.24, 2.45) is 18.9 Å². The number of fused-ring (bicyclic) bond motifs is 1. The van der Waals surface area contributed by atoms with E-state index in [0.29, 0.717) is 48.3 Å². The summed E-state index contributed by atoms with van der Waals surface area (Å²) in [5.41, 5.74) is 0.907. The van der Waals surface area contributed by atoms with Crippen LogP contribution in [-0.2, 0) is 13.5 Å². The molecule has 2 heterocycles. The quantitative estimate of drug-likeness (QED) is 0.586. The van der Waals surface area contributed by atoms with Crippen LogP contribution < -0.4 is 5.32 Å². The highest BCUT2D eigenvalue weighted by molar-refractivity contribution is 6.31. The number of nitrogens with zero attached hydrogens (tertiary/aromatic N) is 4. The molecule has 2 aromatic heterocycles. The molecule has 33 heavy (non-hydrogen) atoms. The number of hydrogen-bond acceptors (Lipinski definition) is 5. The van der Waals surface area contributed by atoms with Crippen LogP contribution in [-0.4, -0.2) is 36.1 Å². The van der Waals surface area contributed by atoms with E-state index in [-0.39, 0.29) is 16.8 Å². The van der Waals surface area contributed by atoms with Crippen LogP contribution in [0.1, 0.15) is 53.6 Å². The first-order valence-corrected chi connectivity index (χ1v) is 11.4. The zero-order valence-electron chi connectivity index (χ0n) is 18.2. The number of aryl methyl sites for hydroxylation is 1. The standard InChI is InChI=1S/C24H25ClFN5O2/c1-31-13-29-21(22(31)23(32)30-17-3-4-19(26)18(25)9-17)14-7-15-10-24(33,11-16(15)8-14)12-20-27-5-2-6-28-20/h2-6,9,13-16,33H,7-8,10-12H2,1H3,(H,30,32). The van der Waals surface area contributed by atoms with Crippen molar-refractivity contribution in [2.75, 3.05) is 5.32 Å². The summed E-state index contributed by atoms with van der Waals surface area (Å²) in [4.78, 5) is 26.1. The molecule has 0 aliphatic heterocycles. The fourth-order valence-electron chi connectivity index (χ4n) is 5.64. The zero-order valence-corrected chi connectivity index (χ0v) is 19.0. The van der Waals surface area contributed by atoms with Crippen LogP contribution in [0.2, 0.25) is 5.02 Å². The highest BCUT2D eigenvalue weighted by Gasteiger charge is 2.50. The van der Waals surface area contributed by atoms with E-state index < -0.39 is 11.4 Å². The summed E-state index contributed by atoms with van der Waals surface area (Å²) < 4.78 is 15.2. The predicted octanol–water partition coefficient (Wildman–Crippen LogP) is 4.13. The Hall–Kier alpha value is -2.84. The molecule has 0 saturated heterocycles. The lowest BCUT2D eigenvalue weighted by Gasteiger charge is -2.24. The summed E-state index contributed by atoms with van der Waals surface area (Å²) in [5, 5.41) is 13.9. The summed E-state index contributed by atoms with van der Waals surface area (Å²) in [6, 6.07) is 5.86. The molecule has 2 unspecified atom stereocenters. The first-order valence-electron chi connectivity index (χ1n) is 11.1. The smallest absolute Gasteiger partial charge is 0.274 e. The van der Waals surface area contributed by atoms with Gasteiger partial charge in [-0.25, -0.2) is 19.3 Å².